The maximum absolute atomic E-state index is 5.75. The van der Waals surface area contributed by atoms with E-state index in [2.05, 4.69) is 62.3 Å². The molecule has 0 radical (unpaired) electrons. The third-order valence-corrected chi connectivity index (χ3v) is 2.83. The van der Waals surface area contributed by atoms with Crippen molar-refractivity contribution in [3.05, 3.63) is 41.5 Å². The van der Waals surface area contributed by atoms with Gasteiger partial charge in [0.1, 0.15) is 12.4 Å². The van der Waals surface area contributed by atoms with Gasteiger partial charge in [0, 0.05) is 9.89 Å². The SMILES string of the molecule is C=CCOc1c(C)cc(C)cc1C(C)(C)Br. The third kappa shape index (κ3) is 3.11. The van der Waals surface area contributed by atoms with E-state index < -0.39 is 0 Å². The summed E-state index contributed by atoms with van der Waals surface area (Å²) in [6.45, 7) is 12.7. The summed E-state index contributed by atoms with van der Waals surface area (Å²) in [5.74, 6) is 0.965. The minimum Gasteiger partial charge on any atom is -0.489 e. The van der Waals surface area contributed by atoms with Crippen LogP contribution >= 0.6 is 15.9 Å². The van der Waals surface area contributed by atoms with Crippen molar-refractivity contribution in [2.75, 3.05) is 6.61 Å². The predicted octanol–water partition coefficient (Wildman–Crippen LogP) is 4.50. The first-order valence-electron chi connectivity index (χ1n) is 5.40. The third-order valence-electron chi connectivity index (χ3n) is 2.40. The topological polar surface area (TPSA) is 9.23 Å². The van der Waals surface area contributed by atoms with Crippen molar-refractivity contribution in [2.24, 2.45) is 0 Å². The van der Waals surface area contributed by atoms with Gasteiger partial charge in [0.05, 0.1) is 0 Å². The first-order chi connectivity index (χ1) is 7.36. The average molecular weight is 283 g/mol. The van der Waals surface area contributed by atoms with Crippen LogP contribution in [0.2, 0.25) is 0 Å². The van der Waals surface area contributed by atoms with E-state index in [0.29, 0.717) is 6.61 Å². The van der Waals surface area contributed by atoms with Crippen LogP contribution in [0.5, 0.6) is 5.75 Å². The lowest BCUT2D eigenvalue weighted by molar-refractivity contribution is 0.354. The highest BCUT2D eigenvalue weighted by molar-refractivity contribution is 9.09. The van der Waals surface area contributed by atoms with Gasteiger partial charge >= 0.3 is 0 Å². The van der Waals surface area contributed by atoms with Crippen molar-refractivity contribution >= 4 is 15.9 Å². The van der Waals surface area contributed by atoms with Gasteiger partial charge in [-0.25, -0.2) is 0 Å². The number of aryl methyl sites for hydroxylation is 2. The van der Waals surface area contributed by atoms with E-state index in [0.717, 1.165) is 5.75 Å². The number of ether oxygens (including phenoxy) is 1. The number of halogens is 1. The Bertz CT molecular complexity index is 388. The molecule has 1 aromatic carbocycles. The van der Waals surface area contributed by atoms with E-state index in [-0.39, 0.29) is 4.32 Å². The Morgan fingerprint density at radius 3 is 2.50 bits per heavy atom. The summed E-state index contributed by atoms with van der Waals surface area (Å²) >= 11 is 3.69. The van der Waals surface area contributed by atoms with Gasteiger partial charge in [-0.05, 0) is 33.3 Å². The molecule has 0 aromatic heterocycles. The van der Waals surface area contributed by atoms with Gasteiger partial charge in [0.15, 0.2) is 0 Å². The summed E-state index contributed by atoms with van der Waals surface area (Å²) in [4.78, 5) is 0. The summed E-state index contributed by atoms with van der Waals surface area (Å²) in [7, 11) is 0. The molecule has 0 fully saturated rings. The van der Waals surface area contributed by atoms with Crippen LogP contribution in [0.25, 0.3) is 0 Å². The molecule has 0 atom stereocenters. The molecule has 0 amide bonds. The molecule has 0 heterocycles. The molecule has 0 spiro atoms. The van der Waals surface area contributed by atoms with Gasteiger partial charge in [-0.3, -0.25) is 0 Å². The van der Waals surface area contributed by atoms with Crippen molar-refractivity contribution < 1.29 is 4.74 Å². The minimum atomic E-state index is -0.0831. The predicted molar refractivity (Wildman–Crippen MR) is 73.6 cm³/mol. The van der Waals surface area contributed by atoms with Crippen LogP contribution < -0.4 is 4.74 Å². The zero-order valence-electron chi connectivity index (χ0n) is 10.4. The maximum atomic E-state index is 5.75. The molecule has 0 saturated heterocycles. The van der Waals surface area contributed by atoms with Crippen molar-refractivity contribution in [1.82, 2.24) is 0 Å². The number of hydrogen-bond donors (Lipinski definition) is 0. The molecule has 1 aromatic rings. The van der Waals surface area contributed by atoms with Crippen LogP contribution in [0, 0.1) is 13.8 Å². The molecule has 1 rings (SSSR count). The van der Waals surface area contributed by atoms with Crippen molar-refractivity contribution in [2.45, 2.75) is 32.0 Å². The Hall–Kier alpha value is -0.760. The quantitative estimate of drug-likeness (QED) is 0.584. The lowest BCUT2D eigenvalue weighted by atomic mass is 9.97. The molecule has 2 heteroatoms. The summed E-state index contributed by atoms with van der Waals surface area (Å²) in [5.41, 5.74) is 3.61. The van der Waals surface area contributed by atoms with E-state index in [1.54, 1.807) is 6.08 Å². The van der Waals surface area contributed by atoms with Crippen LogP contribution in [0.1, 0.15) is 30.5 Å². The zero-order chi connectivity index (χ0) is 12.3. The normalized spacial score (nSPS) is 11.3. The first kappa shape index (κ1) is 13.3. The van der Waals surface area contributed by atoms with Gasteiger partial charge in [-0.15, -0.1) is 0 Å². The lowest BCUT2D eigenvalue weighted by Crippen LogP contribution is -2.11. The minimum absolute atomic E-state index is 0.0831. The van der Waals surface area contributed by atoms with Gasteiger partial charge in [0.25, 0.3) is 0 Å². The van der Waals surface area contributed by atoms with Crippen molar-refractivity contribution in [1.29, 1.82) is 0 Å². The standard InChI is InChI=1S/C14H19BrO/c1-6-7-16-13-11(3)8-10(2)9-12(13)14(4,5)15/h6,8-9H,1,7H2,2-5H3. The fraction of sp³-hybridized carbons (Fsp3) is 0.429. The summed E-state index contributed by atoms with van der Waals surface area (Å²) in [5, 5.41) is 0. The van der Waals surface area contributed by atoms with Crippen LogP contribution in [-0.4, -0.2) is 6.61 Å². The van der Waals surface area contributed by atoms with Crippen molar-refractivity contribution in [3.63, 3.8) is 0 Å². The Morgan fingerprint density at radius 2 is 2.00 bits per heavy atom. The second-order valence-corrected chi connectivity index (χ2v) is 6.51. The lowest BCUT2D eigenvalue weighted by Gasteiger charge is -2.23. The Kier molecular flexibility index (Phi) is 4.20. The fourth-order valence-corrected chi connectivity index (χ4v) is 2.02. The zero-order valence-corrected chi connectivity index (χ0v) is 12.0. The monoisotopic (exact) mass is 282 g/mol. The number of hydrogen-bond acceptors (Lipinski definition) is 1. The van der Waals surface area contributed by atoms with E-state index >= 15 is 0 Å². The summed E-state index contributed by atoms with van der Waals surface area (Å²) in [6.07, 6.45) is 1.77. The van der Waals surface area contributed by atoms with Gasteiger partial charge < -0.3 is 4.74 Å². The maximum Gasteiger partial charge on any atom is 0.127 e. The first-order valence-corrected chi connectivity index (χ1v) is 6.20. The number of rotatable bonds is 4. The molecular weight excluding hydrogens is 264 g/mol. The fourth-order valence-electron chi connectivity index (χ4n) is 1.73. The second kappa shape index (κ2) is 5.05. The van der Waals surface area contributed by atoms with E-state index in [1.165, 1.54) is 16.7 Å². The van der Waals surface area contributed by atoms with Gasteiger partial charge in [-0.2, -0.15) is 0 Å². The van der Waals surface area contributed by atoms with Crippen molar-refractivity contribution in [3.8, 4) is 5.75 Å². The molecule has 1 nitrogen and oxygen atoms in total. The Morgan fingerprint density at radius 1 is 1.38 bits per heavy atom. The van der Waals surface area contributed by atoms with Crippen LogP contribution in [0.15, 0.2) is 24.8 Å². The molecule has 0 bridgehead atoms. The van der Waals surface area contributed by atoms with E-state index in [1.807, 2.05) is 0 Å². The molecule has 0 aliphatic rings. The Balaban J connectivity index is 3.26. The van der Waals surface area contributed by atoms with E-state index in [4.69, 9.17) is 4.74 Å². The highest BCUT2D eigenvalue weighted by Crippen LogP contribution is 2.39. The smallest absolute Gasteiger partial charge is 0.127 e. The molecular formula is C14H19BrO. The number of benzene rings is 1. The average Bonchev–Trinajstić information content (AvgIpc) is 2.14. The number of alkyl halides is 1. The van der Waals surface area contributed by atoms with Crippen LogP contribution in [0.4, 0.5) is 0 Å². The molecule has 0 unspecified atom stereocenters. The molecule has 0 aliphatic carbocycles. The summed E-state index contributed by atoms with van der Waals surface area (Å²) in [6, 6.07) is 4.31. The highest BCUT2D eigenvalue weighted by atomic mass is 79.9. The van der Waals surface area contributed by atoms with E-state index in [9.17, 15) is 0 Å². The summed E-state index contributed by atoms with van der Waals surface area (Å²) < 4.78 is 5.67. The van der Waals surface area contributed by atoms with Crippen LogP contribution in [-0.2, 0) is 4.32 Å². The van der Waals surface area contributed by atoms with Crippen LogP contribution in [0.3, 0.4) is 0 Å². The van der Waals surface area contributed by atoms with Gasteiger partial charge in [0.2, 0.25) is 0 Å². The molecule has 88 valence electrons. The molecule has 16 heavy (non-hydrogen) atoms. The highest BCUT2D eigenvalue weighted by Gasteiger charge is 2.22. The second-order valence-electron chi connectivity index (χ2n) is 4.53. The van der Waals surface area contributed by atoms with Gasteiger partial charge in [-0.1, -0.05) is 46.3 Å². The Labute approximate surface area is 107 Å². The molecule has 0 aliphatic heterocycles. The molecule has 0 saturated carbocycles. The molecule has 0 N–H and O–H groups in total. The largest absolute Gasteiger partial charge is 0.489 e.